The number of benzene rings is 1. The van der Waals surface area contributed by atoms with Crippen molar-refractivity contribution in [2.75, 3.05) is 17.7 Å². The van der Waals surface area contributed by atoms with Crippen LogP contribution in [-0.4, -0.2) is 17.8 Å². The molecule has 1 aromatic rings. The maximum Gasteiger partial charge on any atom is 0.0925 e. The van der Waals surface area contributed by atoms with Crippen molar-refractivity contribution in [3.8, 4) is 0 Å². The quantitative estimate of drug-likeness (QED) is 0.629. The lowest BCUT2D eigenvalue weighted by molar-refractivity contribution is 1.21. The third-order valence-corrected chi connectivity index (χ3v) is 3.97. The van der Waals surface area contributed by atoms with Crippen molar-refractivity contribution in [2.45, 2.75) is 4.90 Å². The zero-order valence-electron chi connectivity index (χ0n) is 7.08. The van der Waals surface area contributed by atoms with Crippen LogP contribution in [0.2, 0.25) is 5.02 Å². The number of thiocarbonyl (C=S) groups is 1. The molecule has 0 unspecified atom stereocenters. The maximum absolute atomic E-state index is 6.09. The second-order valence-corrected chi connectivity index (χ2v) is 4.72. The number of hydrogen-bond donors (Lipinski definition) is 0. The first-order valence-corrected chi connectivity index (χ1v) is 5.65. The predicted molar refractivity (Wildman–Crippen MR) is 63.2 cm³/mol. The predicted octanol–water partition coefficient (Wildman–Crippen LogP) is 3.21. The van der Waals surface area contributed by atoms with Crippen LogP contribution in [0, 0.1) is 0 Å². The molecule has 0 saturated heterocycles. The van der Waals surface area contributed by atoms with E-state index in [0.29, 0.717) is 0 Å². The van der Waals surface area contributed by atoms with Crippen LogP contribution in [0.25, 0.3) is 0 Å². The summed E-state index contributed by atoms with van der Waals surface area (Å²) in [5.41, 5.74) is 1.05. The molecule has 0 fully saturated rings. The topological polar surface area (TPSA) is 3.24 Å². The van der Waals surface area contributed by atoms with Gasteiger partial charge in [-0.2, -0.15) is 0 Å². The lowest BCUT2D eigenvalue weighted by Crippen LogP contribution is -2.29. The number of anilines is 1. The number of para-hydroxylation sites is 1. The van der Waals surface area contributed by atoms with Crippen LogP contribution in [0.15, 0.2) is 23.1 Å². The Labute approximate surface area is 92.1 Å². The molecule has 13 heavy (non-hydrogen) atoms. The van der Waals surface area contributed by atoms with Gasteiger partial charge in [0, 0.05) is 17.7 Å². The van der Waals surface area contributed by atoms with Gasteiger partial charge in [0.15, 0.2) is 0 Å². The van der Waals surface area contributed by atoms with Crippen LogP contribution in [-0.2, 0) is 0 Å². The van der Waals surface area contributed by atoms with Crippen molar-refractivity contribution in [3.63, 3.8) is 0 Å². The molecule has 4 heteroatoms. The SMILES string of the molecule is CN1C(=S)CSc2cccc(Cl)c21. The molecule has 68 valence electrons. The van der Waals surface area contributed by atoms with E-state index in [4.69, 9.17) is 23.8 Å². The zero-order valence-corrected chi connectivity index (χ0v) is 9.47. The van der Waals surface area contributed by atoms with Gasteiger partial charge in [0.1, 0.15) is 0 Å². The molecular weight excluding hydrogens is 222 g/mol. The highest BCUT2D eigenvalue weighted by atomic mass is 35.5. The Kier molecular flexibility index (Phi) is 2.49. The summed E-state index contributed by atoms with van der Waals surface area (Å²) in [5, 5.41) is 0.773. The molecule has 0 radical (unpaired) electrons. The summed E-state index contributed by atoms with van der Waals surface area (Å²) in [7, 11) is 1.97. The molecule has 0 aromatic heterocycles. The average Bonchev–Trinajstić information content (AvgIpc) is 2.12. The van der Waals surface area contributed by atoms with Crippen molar-refractivity contribution in [3.05, 3.63) is 23.2 Å². The summed E-state index contributed by atoms with van der Waals surface area (Å²) >= 11 is 13.0. The molecule has 0 bridgehead atoms. The first-order valence-electron chi connectivity index (χ1n) is 3.88. The number of hydrogen-bond acceptors (Lipinski definition) is 2. The van der Waals surface area contributed by atoms with E-state index in [0.717, 1.165) is 21.5 Å². The molecule has 2 rings (SSSR count). The fourth-order valence-electron chi connectivity index (χ4n) is 1.30. The molecule has 0 aliphatic carbocycles. The standard InChI is InChI=1S/C9H8ClNS2/c1-11-8(12)5-13-7-4-2-3-6(10)9(7)11/h2-4H,5H2,1H3. The third kappa shape index (κ3) is 1.56. The Bertz CT molecular complexity index is 365. The van der Waals surface area contributed by atoms with Gasteiger partial charge in [-0.15, -0.1) is 11.8 Å². The highest BCUT2D eigenvalue weighted by Gasteiger charge is 2.20. The van der Waals surface area contributed by atoms with E-state index in [2.05, 4.69) is 6.07 Å². The van der Waals surface area contributed by atoms with Gasteiger partial charge in [-0.1, -0.05) is 29.9 Å². The number of fused-ring (bicyclic) bond motifs is 1. The van der Waals surface area contributed by atoms with E-state index in [1.165, 1.54) is 4.90 Å². The molecular formula is C9H8ClNS2. The van der Waals surface area contributed by atoms with Gasteiger partial charge < -0.3 is 4.90 Å². The van der Waals surface area contributed by atoms with Gasteiger partial charge in [-0.3, -0.25) is 0 Å². The normalized spacial score (nSPS) is 15.8. The van der Waals surface area contributed by atoms with Crippen molar-refractivity contribution in [2.24, 2.45) is 0 Å². The molecule has 1 aromatic carbocycles. The molecule has 1 aliphatic heterocycles. The largest absolute Gasteiger partial charge is 0.336 e. The summed E-state index contributed by atoms with van der Waals surface area (Å²) in [4.78, 5) is 4.14. The summed E-state index contributed by atoms with van der Waals surface area (Å²) in [5.74, 6) is 0.874. The van der Waals surface area contributed by atoms with Crippen LogP contribution in [0.1, 0.15) is 0 Å². The summed E-state index contributed by atoms with van der Waals surface area (Å²) < 4.78 is 0. The van der Waals surface area contributed by atoms with E-state index in [1.807, 2.05) is 24.1 Å². The monoisotopic (exact) mass is 229 g/mol. The molecule has 1 nitrogen and oxygen atoms in total. The molecule has 1 aliphatic rings. The fraction of sp³-hybridized carbons (Fsp3) is 0.222. The second-order valence-electron chi connectivity index (χ2n) is 2.83. The second kappa shape index (κ2) is 3.48. The number of thioether (sulfide) groups is 1. The van der Waals surface area contributed by atoms with E-state index < -0.39 is 0 Å². The van der Waals surface area contributed by atoms with Gasteiger partial charge >= 0.3 is 0 Å². The Morgan fingerprint density at radius 2 is 2.31 bits per heavy atom. The number of nitrogens with zero attached hydrogens (tertiary/aromatic N) is 1. The lowest BCUT2D eigenvalue weighted by Gasteiger charge is -2.28. The molecule has 0 N–H and O–H groups in total. The first-order chi connectivity index (χ1) is 6.20. The summed E-state index contributed by atoms with van der Waals surface area (Å²) in [6, 6.07) is 5.94. The Balaban J connectivity index is 2.57. The van der Waals surface area contributed by atoms with Crippen LogP contribution in [0.4, 0.5) is 5.69 Å². The summed E-state index contributed by atoms with van der Waals surface area (Å²) in [6.07, 6.45) is 0. The van der Waals surface area contributed by atoms with Crippen molar-refractivity contribution in [1.29, 1.82) is 0 Å². The zero-order chi connectivity index (χ0) is 9.42. The van der Waals surface area contributed by atoms with E-state index in [1.54, 1.807) is 11.8 Å². The minimum atomic E-state index is 0.773. The molecule has 0 spiro atoms. The maximum atomic E-state index is 6.09. The highest BCUT2D eigenvalue weighted by molar-refractivity contribution is 8.01. The van der Waals surface area contributed by atoms with Crippen LogP contribution < -0.4 is 4.90 Å². The van der Waals surface area contributed by atoms with Gasteiger partial charge in [0.2, 0.25) is 0 Å². The van der Waals surface area contributed by atoms with Crippen LogP contribution in [0.3, 0.4) is 0 Å². The molecule has 0 saturated carbocycles. The average molecular weight is 230 g/mol. The number of rotatable bonds is 0. The highest BCUT2D eigenvalue weighted by Crippen LogP contribution is 2.39. The van der Waals surface area contributed by atoms with E-state index >= 15 is 0 Å². The van der Waals surface area contributed by atoms with Crippen molar-refractivity contribution < 1.29 is 0 Å². The minimum absolute atomic E-state index is 0.773. The van der Waals surface area contributed by atoms with E-state index in [9.17, 15) is 0 Å². The van der Waals surface area contributed by atoms with Gasteiger partial charge in [-0.25, -0.2) is 0 Å². The number of halogens is 1. The molecule has 0 amide bonds. The minimum Gasteiger partial charge on any atom is -0.336 e. The van der Waals surface area contributed by atoms with Crippen molar-refractivity contribution >= 4 is 46.3 Å². The Morgan fingerprint density at radius 3 is 3.08 bits per heavy atom. The van der Waals surface area contributed by atoms with Gasteiger partial charge in [0.05, 0.1) is 15.7 Å². The van der Waals surface area contributed by atoms with E-state index in [-0.39, 0.29) is 0 Å². The Hall–Kier alpha value is -0.250. The smallest absolute Gasteiger partial charge is 0.0925 e. The first kappa shape index (κ1) is 9.31. The Morgan fingerprint density at radius 1 is 1.54 bits per heavy atom. The summed E-state index contributed by atoms with van der Waals surface area (Å²) in [6.45, 7) is 0. The molecule has 1 heterocycles. The van der Waals surface area contributed by atoms with Crippen LogP contribution >= 0.6 is 35.6 Å². The van der Waals surface area contributed by atoms with Gasteiger partial charge in [-0.05, 0) is 12.1 Å². The third-order valence-electron chi connectivity index (χ3n) is 2.01. The molecule has 0 atom stereocenters. The van der Waals surface area contributed by atoms with Crippen molar-refractivity contribution in [1.82, 2.24) is 0 Å². The fourth-order valence-corrected chi connectivity index (χ4v) is 2.95. The van der Waals surface area contributed by atoms with Crippen LogP contribution in [0.5, 0.6) is 0 Å². The van der Waals surface area contributed by atoms with Gasteiger partial charge in [0.25, 0.3) is 0 Å². The lowest BCUT2D eigenvalue weighted by atomic mass is 10.3.